The summed E-state index contributed by atoms with van der Waals surface area (Å²) in [5.74, 6) is 0.120. The summed E-state index contributed by atoms with van der Waals surface area (Å²) in [5.41, 5.74) is -0.779. The van der Waals surface area contributed by atoms with Crippen molar-refractivity contribution in [2.45, 2.75) is 40.5 Å². The first-order valence-corrected chi connectivity index (χ1v) is 5.70. The highest BCUT2D eigenvalue weighted by molar-refractivity contribution is 4.91. The Kier molecular flexibility index (Phi) is 5.78. The lowest BCUT2D eigenvalue weighted by atomic mass is 9.63. The van der Waals surface area contributed by atoms with E-state index < -0.39 is 5.41 Å². The Morgan fingerprint density at radius 2 is 1.33 bits per heavy atom. The molecule has 0 rings (SSSR count). The second-order valence-electron chi connectivity index (χ2n) is 5.54. The van der Waals surface area contributed by atoms with Gasteiger partial charge in [0.1, 0.15) is 0 Å². The Morgan fingerprint density at radius 1 is 0.933 bits per heavy atom. The third kappa shape index (κ3) is 3.44. The zero-order valence-corrected chi connectivity index (χ0v) is 10.5. The molecule has 0 radical (unpaired) electrons. The summed E-state index contributed by atoms with van der Waals surface area (Å²) in [5, 5.41) is 28.3. The van der Waals surface area contributed by atoms with E-state index in [9.17, 15) is 15.3 Å². The van der Waals surface area contributed by atoms with Gasteiger partial charge < -0.3 is 15.3 Å². The van der Waals surface area contributed by atoms with Crippen molar-refractivity contribution in [1.82, 2.24) is 0 Å². The normalized spacial score (nSPS) is 15.4. The molecular weight excluding hydrogens is 192 g/mol. The topological polar surface area (TPSA) is 60.7 Å². The van der Waals surface area contributed by atoms with Crippen molar-refractivity contribution in [3.05, 3.63) is 0 Å². The zero-order valence-electron chi connectivity index (χ0n) is 10.5. The maximum atomic E-state index is 9.42. The first-order valence-electron chi connectivity index (χ1n) is 5.70. The lowest BCUT2D eigenvalue weighted by molar-refractivity contribution is -0.0770. The molecule has 1 atom stereocenters. The van der Waals surface area contributed by atoms with Crippen LogP contribution in [0.25, 0.3) is 0 Å². The fourth-order valence-electron chi connectivity index (χ4n) is 2.43. The number of hydrogen-bond donors (Lipinski definition) is 3. The molecule has 3 heteroatoms. The predicted molar refractivity (Wildman–Crippen MR) is 61.5 cm³/mol. The van der Waals surface area contributed by atoms with E-state index in [0.29, 0.717) is 0 Å². The van der Waals surface area contributed by atoms with Crippen molar-refractivity contribution in [3.63, 3.8) is 0 Å². The van der Waals surface area contributed by atoms with Crippen LogP contribution in [0.4, 0.5) is 0 Å². The summed E-state index contributed by atoms with van der Waals surface area (Å²) in [7, 11) is 0. The summed E-state index contributed by atoms with van der Waals surface area (Å²) in [4.78, 5) is 0. The second kappa shape index (κ2) is 5.83. The van der Waals surface area contributed by atoms with E-state index in [0.717, 1.165) is 12.8 Å². The van der Waals surface area contributed by atoms with Crippen molar-refractivity contribution in [3.8, 4) is 0 Å². The van der Waals surface area contributed by atoms with Gasteiger partial charge in [-0.2, -0.15) is 0 Å². The SMILES string of the molecule is CCCC(C(C)(C)C)C(CO)(CO)CO. The van der Waals surface area contributed by atoms with Gasteiger partial charge in [0.05, 0.1) is 19.8 Å². The largest absolute Gasteiger partial charge is 0.396 e. The fraction of sp³-hybridized carbons (Fsp3) is 1.00. The number of rotatable bonds is 6. The minimum Gasteiger partial charge on any atom is -0.396 e. The van der Waals surface area contributed by atoms with E-state index in [1.165, 1.54) is 0 Å². The third-order valence-corrected chi connectivity index (χ3v) is 3.31. The quantitative estimate of drug-likeness (QED) is 0.632. The van der Waals surface area contributed by atoms with Gasteiger partial charge in [-0.3, -0.25) is 0 Å². The van der Waals surface area contributed by atoms with Crippen LogP contribution in [-0.4, -0.2) is 35.1 Å². The highest BCUT2D eigenvalue weighted by Crippen LogP contribution is 2.42. The molecular formula is C12H26O3. The molecule has 0 fully saturated rings. The van der Waals surface area contributed by atoms with Gasteiger partial charge in [0.2, 0.25) is 0 Å². The zero-order chi connectivity index (χ0) is 12.1. The van der Waals surface area contributed by atoms with E-state index in [1.807, 2.05) is 0 Å². The van der Waals surface area contributed by atoms with Gasteiger partial charge in [0.15, 0.2) is 0 Å². The van der Waals surface area contributed by atoms with Crippen LogP contribution in [0.5, 0.6) is 0 Å². The van der Waals surface area contributed by atoms with Crippen molar-refractivity contribution >= 4 is 0 Å². The standard InChI is InChI=1S/C12H26O3/c1-5-6-10(11(2,3)4)12(7-13,8-14)9-15/h10,13-15H,5-9H2,1-4H3. The van der Waals surface area contributed by atoms with Gasteiger partial charge in [0.25, 0.3) is 0 Å². The Labute approximate surface area is 93.1 Å². The monoisotopic (exact) mass is 218 g/mol. The summed E-state index contributed by atoms with van der Waals surface area (Å²) >= 11 is 0. The lowest BCUT2D eigenvalue weighted by Crippen LogP contribution is -2.47. The molecule has 0 saturated carbocycles. The summed E-state index contributed by atoms with van der Waals surface area (Å²) in [6.45, 7) is 7.84. The van der Waals surface area contributed by atoms with Gasteiger partial charge in [-0.05, 0) is 17.8 Å². The minimum atomic E-state index is -0.756. The Bertz CT molecular complexity index is 160. The van der Waals surface area contributed by atoms with Crippen LogP contribution in [-0.2, 0) is 0 Å². The van der Waals surface area contributed by atoms with Crippen LogP contribution >= 0.6 is 0 Å². The molecule has 3 N–H and O–H groups in total. The van der Waals surface area contributed by atoms with Crippen LogP contribution in [0.1, 0.15) is 40.5 Å². The lowest BCUT2D eigenvalue weighted by Gasteiger charge is -2.44. The average Bonchev–Trinajstić information content (AvgIpc) is 2.18. The number of aliphatic hydroxyl groups is 3. The highest BCUT2D eigenvalue weighted by Gasteiger charge is 2.43. The molecule has 0 aromatic rings. The van der Waals surface area contributed by atoms with Gasteiger partial charge in [-0.25, -0.2) is 0 Å². The van der Waals surface area contributed by atoms with Crippen molar-refractivity contribution in [2.75, 3.05) is 19.8 Å². The third-order valence-electron chi connectivity index (χ3n) is 3.31. The van der Waals surface area contributed by atoms with Crippen LogP contribution in [0.15, 0.2) is 0 Å². The molecule has 0 saturated heterocycles. The summed E-state index contributed by atoms with van der Waals surface area (Å²) in [6.07, 6.45) is 1.90. The van der Waals surface area contributed by atoms with Crippen LogP contribution in [0.3, 0.4) is 0 Å². The summed E-state index contributed by atoms with van der Waals surface area (Å²) < 4.78 is 0. The molecule has 1 unspecified atom stereocenters. The van der Waals surface area contributed by atoms with Gasteiger partial charge in [0, 0.05) is 5.41 Å². The smallest absolute Gasteiger partial charge is 0.0534 e. The van der Waals surface area contributed by atoms with Gasteiger partial charge in [-0.15, -0.1) is 0 Å². The molecule has 0 spiro atoms. The van der Waals surface area contributed by atoms with Crippen molar-refractivity contribution in [2.24, 2.45) is 16.7 Å². The Morgan fingerprint density at radius 3 is 1.53 bits per heavy atom. The number of hydrogen-bond acceptors (Lipinski definition) is 3. The van der Waals surface area contributed by atoms with E-state index in [-0.39, 0.29) is 31.2 Å². The number of aliphatic hydroxyl groups excluding tert-OH is 3. The average molecular weight is 218 g/mol. The molecule has 3 nitrogen and oxygen atoms in total. The molecule has 0 aliphatic carbocycles. The van der Waals surface area contributed by atoms with E-state index in [1.54, 1.807) is 0 Å². The molecule has 0 heterocycles. The highest BCUT2D eigenvalue weighted by atomic mass is 16.3. The molecule has 0 bridgehead atoms. The van der Waals surface area contributed by atoms with Crippen LogP contribution < -0.4 is 0 Å². The summed E-state index contributed by atoms with van der Waals surface area (Å²) in [6, 6.07) is 0. The molecule has 0 aliphatic rings. The van der Waals surface area contributed by atoms with E-state index >= 15 is 0 Å². The second-order valence-corrected chi connectivity index (χ2v) is 5.54. The maximum Gasteiger partial charge on any atom is 0.0534 e. The molecule has 92 valence electrons. The maximum absolute atomic E-state index is 9.42. The molecule has 0 amide bonds. The molecule has 0 aliphatic heterocycles. The predicted octanol–water partition coefficient (Wildman–Crippen LogP) is 1.41. The molecule has 0 aromatic carbocycles. The minimum absolute atomic E-state index is 0.0236. The van der Waals surface area contributed by atoms with Crippen molar-refractivity contribution < 1.29 is 15.3 Å². The van der Waals surface area contributed by atoms with Gasteiger partial charge in [-0.1, -0.05) is 34.1 Å². The van der Waals surface area contributed by atoms with Gasteiger partial charge >= 0.3 is 0 Å². The first kappa shape index (κ1) is 14.9. The van der Waals surface area contributed by atoms with E-state index in [4.69, 9.17) is 0 Å². The molecule has 15 heavy (non-hydrogen) atoms. The molecule has 0 aromatic heterocycles. The first-order chi connectivity index (χ1) is 6.87. The van der Waals surface area contributed by atoms with Crippen LogP contribution in [0.2, 0.25) is 0 Å². The van der Waals surface area contributed by atoms with Crippen LogP contribution in [0, 0.1) is 16.7 Å². The van der Waals surface area contributed by atoms with Crippen molar-refractivity contribution in [1.29, 1.82) is 0 Å². The Balaban J connectivity index is 5.00. The Hall–Kier alpha value is -0.120. The van der Waals surface area contributed by atoms with E-state index in [2.05, 4.69) is 27.7 Å². The fourth-order valence-corrected chi connectivity index (χ4v) is 2.43.